The Bertz CT molecular complexity index is 1260. The van der Waals surface area contributed by atoms with Crippen molar-refractivity contribution < 1.29 is 9.59 Å². The molecule has 2 aromatic heterocycles. The molecule has 1 unspecified atom stereocenters. The van der Waals surface area contributed by atoms with Crippen LogP contribution in [0.5, 0.6) is 0 Å². The molecule has 9 heteroatoms. The highest BCUT2D eigenvalue weighted by Gasteiger charge is 2.29. The number of benzene rings is 1. The molecular formula is C23H26N4O3S2. The summed E-state index contributed by atoms with van der Waals surface area (Å²) in [6.07, 6.45) is 4.05. The summed E-state index contributed by atoms with van der Waals surface area (Å²) >= 11 is 2.77. The van der Waals surface area contributed by atoms with Gasteiger partial charge in [-0.1, -0.05) is 37.7 Å². The Balaban J connectivity index is 1.92. The molecule has 0 bridgehead atoms. The van der Waals surface area contributed by atoms with E-state index in [2.05, 4.69) is 5.32 Å². The Labute approximate surface area is 194 Å². The highest BCUT2D eigenvalue weighted by atomic mass is 32.2. The summed E-state index contributed by atoms with van der Waals surface area (Å²) in [5, 5.41) is 2.66. The van der Waals surface area contributed by atoms with Gasteiger partial charge in [0.1, 0.15) is 4.83 Å². The summed E-state index contributed by atoms with van der Waals surface area (Å²) in [4.78, 5) is 44.6. The highest BCUT2D eigenvalue weighted by molar-refractivity contribution is 8.00. The van der Waals surface area contributed by atoms with E-state index in [1.807, 2.05) is 45.0 Å². The standard InChI is InChI=1S/C23H26N4O3S2/c1-12(2)18(19(28)25-22(24)30)32-23-26-20-17(15-9-4-5-10-16(15)31-20)21(29)27(23)14-8-6-7-13(3)11-14/h6-8,11-12,18H,4-5,9-10H2,1-3H3,(H3,24,25,28,30). The molecule has 0 saturated carbocycles. The number of nitrogens with one attached hydrogen (secondary N) is 1. The number of fused-ring (bicyclic) bond motifs is 3. The van der Waals surface area contributed by atoms with E-state index in [0.717, 1.165) is 36.8 Å². The first-order valence-corrected chi connectivity index (χ1v) is 12.4. The van der Waals surface area contributed by atoms with E-state index in [4.69, 9.17) is 10.7 Å². The summed E-state index contributed by atoms with van der Waals surface area (Å²) in [5.74, 6) is -0.609. The van der Waals surface area contributed by atoms with Crippen molar-refractivity contribution in [2.75, 3.05) is 0 Å². The topological polar surface area (TPSA) is 107 Å². The van der Waals surface area contributed by atoms with Gasteiger partial charge in [-0.05, 0) is 61.8 Å². The molecule has 7 nitrogen and oxygen atoms in total. The van der Waals surface area contributed by atoms with Gasteiger partial charge in [0.25, 0.3) is 5.56 Å². The predicted octanol–water partition coefficient (Wildman–Crippen LogP) is 3.95. The van der Waals surface area contributed by atoms with Gasteiger partial charge in [-0.25, -0.2) is 9.78 Å². The average molecular weight is 471 g/mol. The molecule has 3 amide bonds. The molecule has 3 aromatic rings. The van der Waals surface area contributed by atoms with Crippen molar-refractivity contribution in [3.63, 3.8) is 0 Å². The van der Waals surface area contributed by atoms with Crippen molar-refractivity contribution >= 4 is 45.3 Å². The Kier molecular flexibility index (Phi) is 6.39. The van der Waals surface area contributed by atoms with Crippen LogP contribution in [-0.4, -0.2) is 26.7 Å². The fourth-order valence-corrected chi connectivity index (χ4v) is 6.47. The number of amides is 3. The molecule has 0 saturated heterocycles. The van der Waals surface area contributed by atoms with Gasteiger partial charge in [0, 0.05) is 4.88 Å². The molecule has 3 N–H and O–H groups in total. The van der Waals surface area contributed by atoms with Gasteiger partial charge < -0.3 is 5.73 Å². The third-order valence-corrected chi connectivity index (χ3v) is 8.24. The maximum Gasteiger partial charge on any atom is 0.318 e. The molecule has 168 valence electrons. The van der Waals surface area contributed by atoms with E-state index in [-0.39, 0.29) is 11.5 Å². The van der Waals surface area contributed by atoms with Crippen LogP contribution in [0, 0.1) is 12.8 Å². The molecular weight excluding hydrogens is 444 g/mol. The second-order valence-electron chi connectivity index (χ2n) is 8.40. The van der Waals surface area contributed by atoms with Crippen LogP contribution in [0.4, 0.5) is 4.79 Å². The lowest BCUT2D eigenvalue weighted by molar-refractivity contribution is -0.120. The molecule has 1 aliphatic carbocycles. The number of primary amides is 1. The summed E-state index contributed by atoms with van der Waals surface area (Å²) in [6, 6.07) is 6.78. The van der Waals surface area contributed by atoms with Gasteiger partial charge in [0.2, 0.25) is 5.91 Å². The number of thiophene rings is 1. The number of rotatable bonds is 5. The summed E-state index contributed by atoms with van der Waals surface area (Å²) in [6.45, 7) is 5.74. The second-order valence-corrected chi connectivity index (χ2v) is 10.6. The van der Waals surface area contributed by atoms with E-state index in [1.165, 1.54) is 16.6 Å². The number of nitrogens with zero attached hydrogens (tertiary/aromatic N) is 2. The van der Waals surface area contributed by atoms with Crippen LogP contribution in [0.25, 0.3) is 15.9 Å². The Hall–Kier alpha value is -2.65. The van der Waals surface area contributed by atoms with Crippen molar-refractivity contribution in [2.24, 2.45) is 11.7 Å². The molecule has 32 heavy (non-hydrogen) atoms. The van der Waals surface area contributed by atoms with Crippen LogP contribution in [0.3, 0.4) is 0 Å². The van der Waals surface area contributed by atoms with Crippen molar-refractivity contribution in [1.82, 2.24) is 14.9 Å². The fourth-order valence-electron chi connectivity index (χ4n) is 4.06. The van der Waals surface area contributed by atoms with E-state index >= 15 is 0 Å². The van der Waals surface area contributed by atoms with Crippen LogP contribution in [0.15, 0.2) is 34.2 Å². The number of carbonyl (C=O) groups excluding carboxylic acids is 2. The first-order valence-electron chi connectivity index (χ1n) is 10.7. The third kappa shape index (κ3) is 4.31. The zero-order valence-electron chi connectivity index (χ0n) is 18.3. The van der Waals surface area contributed by atoms with Gasteiger partial charge >= 0.3 is 6.03 Å². The lowest BCUT2D eigenvalue weighted by Crippen LogP contribution is -2.42. The molecule has 4 rings (SSSR count). The minimum atomic E-state index is -0.897. The zero-order valence-corrected chi connectivity index (χ0v) is 19.9. The number of aryl methyl sites for hydroxylation is 3. The lowest BCUT2D eigenvalue weighted by atomic mass is 9.97. The van der Waals surface area contributed by atoms with Gasteiger partial charge in [0.15, 0.2) is 5.16 Å². The van der Waals surface area contributed by atoms with Crippen molar-refractivity contribution in [2.45, 2.75) is 56.9 Å². The molecule has 1 aliphatic rings. The third-order valence-electron chi connectivity index (χ3n) is 5.56. The van der Waals surface area contributed by atoms with Crippen LogP contribution in [0.1, 0.15) is 42.7 Å². The van der Waals surface area contributed by atoms with Crippen LogP contribution >= 0.6 is 23.1 Å². The van der Waals surface area contributed by atoms with E-state index in [1.54, 1.807) is 15.9 Å². The lowest BCUT2D eigenvalue weighted by Gasteiger charge is -2.21. The van der Waals surface area contributed by atoms with Gasteiger partial charge in [0.05, 0.1) is 16.3 Å². The van der Waals surface area contributed by atoms with Crippen LogP contribution in [0.2, 0.25) is 0 Å². The van der Waals surface area contributed by atoms with Crippen molar-refractivity contribution in [3.05, 3.63) is 50.6 Å². The Morgan fingerprint density at radius 1 is 1.25 bits per heavy atom. The SMILES string of the molecule is Cc1cccc(-n2c(SC(C(=O)NC(N)=O)C(C)C)nc3sc4c(c3c2=O)CCCC4)c1. The van der Waals surface area contributed by atoms with Crippen LogP contribution < -0.4 is 16.6 Å². The number of hydrogen-bond donors (Lipinski definition) is 2. The van der Waals surface area contributed by atoms with Gasteiger partial charge in [-0.15, -0.1) is 11.3 Å². The fraction of sp³-hybridized carbons (Fsp3) is 0.391. The molecule has 2 heterocycles. The maximum absolute atomic E-state index is 13.8. The average Bonchev–Trinajstić information content (AvgIpc) is 3.09. The maximum atomic E-state index is 13.8. The number of aromatic nitrogens is 2. The first-order chi connectivity index (χ1) is 15.3. The smallest absolute Gasteiger partial charge is 0.318 e. The van der Waals surface area contributed by atoms with Crippen molar-refractivity contribution in [1.29, 1.82) is 0 Å². The van der Waals surface area contributed by atoms with E-state index in [9.17, 15) is 14.4 Å². The number of hydrogen-bond acceptors (Lipinski definition) is 6. The molecule has 0 fully saturated rings. The Morgan fingerprint density at radius 2 is 2.00 bits per heavy atom. The second kappa shape index (κ2) is 9.07. The molecule has 0 aliphatic heterocycles. The minimum absolute atomic E-state index is 0.111. The van der Waals surface area contributed by atoms with Gasteiger partial charge in [-0.2, -0.15) is 0 Å². The molecule has 0 spiro atoms. The summed E-state index contributed by atoms with van der Waals surface area (Å²) < 4.78 is 1.61. The number of urea groups is 1. The quantitative estimate of drug-likeness (QED) is 0.434. The molecule has 1 atom stereocenters. The van der Waals surface area contributed by atoms with E-state index < -0.39 is 17.2 Å². The first kappa shape index (κ1) is 22.5. The number of carbonyl (C=O) groups is 2. The summed E-state index contributed by atoms with van der Waals surface area (Å²) in [5.41, 5.74) is 7.91. The highest BCUT2D eigenvalue weighted by Crippen LogP contribution is 2.36. The zero-order chi connectivity index (χ0) is 23.0. The Morgan fingerprint density at radius 3 is 2.69 bits per heavy atom. The monoisotopic (exact) mass is 470 g/mol. The van der Waals surface area contributed by atoms with Gasteiger partial charge in [-0.3, -0.25) is 19.5 Å². The number of thioether (sulfide) groups is 1. The minimum Gasteiger partial charge on any atom is -0.351 e. The van der Waals surface area contributed by atoms with Crippen molar-refractivity contribution in [3.8, 4) is 5.69 Å². The molecule has 1 aromatic carbocycles. The van der Waals surface area contributed by atoms with E-state index in [0.29, 0.717) is 21.1 Å². The van der Waals surface area contributed by atoms with Crippen LogP contribution in [-0.2, 0) is 17.6 Å². The molecule has 0 radical (unpaired) electrons. The predicted molar refractivity (Wildman–Crippen MR) is 129 cm³/mol. The largest absolute Gasteiger partial charge is 0.351 e. The number of imide groups is 1. The normalized spacial score (nSPS) is 14.4. The number of nitrogens with two attached hydrogens (primary N) is 1. The summed E-state index contributed by atoms with van der Waals surface area (Å²) in [7, 11) is 0.